The van der Waals surface area contributed by atoms with Gasteiger partial charge >= 0.3 is 0 Å². The molecule has 0 aliphatic carbocycles. The number of rotatable bonds is 5. The summed E-state index contributed by atoms with van der Waals surface area (Å²) in [5.74, 6) is 2.17. The van der Waals surface area contributed by atoms with E-state index in [1.54, 1.807) is 41.3 Å². The third-order valence-corrected chi connectivity index (χ3v) is 5.16. The van der Waals surface area contributed by atoms with Crippen LogP contribution in [-0.4, -0.2) is 23.3 Å². The van der Waals surface area contributed by atoms with Crippen molar-refractivity contribution in [2.75, 3.05) is 17.3 Å². The summed E-state index contributed by atoms with van der Waals surface area (Å²) in [5.41, 5.74) is 0.976. The Kier molecular flexibility index (Phi) is 5.25. The second-order valence-corrected chi connectivity index (χ2v) is 6.98. The standard InChI is InChI=1S/C21H18N2O3S/c24-21(19-20(27-14-13-26-19)16-7-2-1-3-8-16)23(15-17-9-6-12-25-17)18-10-4-5-11-22-18/h1-12H,13-15H2. The average molecular weight is 378 g/mol. The van der Waals surface area contributed by atoms with Crippen molar-refractivity contribution < 1.29 is 13.9 Å². The summed E-state index contributed by atoms with van der Waals surface area (Å²) >= 11 is 1.64. The number of carbonyl (C=O) groups excluding carboxylic acids is 1. The van der Waals surface area contributed by atoms with Gasteiger partial charge in [-0.2, -0.15) is 0 Å². The SMILES string of the molecule is O=C(C1=C(c2ccccc2)SCCO1)N(Cc1ccco1)c1ccccn1. The van der Waals surface area contributed by atoms with Crippen LogP contribution in [0.5, 0.6) is 0 Å². The zero-order valence-electron chi connectivity index (χ0n) is 14.6. The molecular formula is C21H18N2O3S. The van der Waals surface area contributed by atoms with Gasteiger partial charge in [-0.05, 0) is 29.8 Å². The zero-order valence-corrected chi connectivity index (χ0v) is 15.4. The van der Waals surface area contributed by atoms with Crippen LogP contribution in [0.3, 0.4) is 0 Å². The van der Waals surface area contributed by atoms with Crippen LogP contribution in [0.4, 0.5) is 5.82 Å². The van der Waals surface area contributed by atoms with Crippen LogP contribution < -0.4 is 4.90 Å². The first-order valence-electron chi connectivity index (χ1n) is 8.63. The number of hydrogen-bond donors (Lipinski definition) is 0. The van der Waals surface area contributed by atoms with Crippen molar-refractivity contribution in [2.24, 2.45) is 0 Å². The molecule has 3 aromatic rings. The Morgan fingerprint density at radius 3 is 2.67 bits per heavy atom. The van der Waals surface area contributed by atoms with Gasteiger partial charge in [-0.1, -0.05) is 36.4 Å². The summed E-state index contributed by atoms with van der Waals surface area (Å²) in [5, 5.41) is 0. The van der Waals surface area contributed by atoms with Crippen molar-refractivity contribution >= 4 is 28.4 Å². The van der Waals surface area contributed by atoms with Crippen LogP contribution in [-0.2, 0) is 16.1 Å². The molecular weight excluding hydrogens is 360 g/mol. The van der Waals surface area contributed by atoms with Gasteiger partial charge in [0.05, 0.1) is 24.3 Å². The largest absolute Gasteiger partial charge is 0.486 e. The van der Waals surface area contributed by atoms with Crippen molar-refractivity contribution in [3.05, 3.63) is 90.2 Å². The Morgan fingerprint density at radius 2 is 1.93 bits per heavy atom. The molecule has 2 aromatic heterocycles. The fourth-order valence-corrected chi connectivity index (χ4v) is 3.78. The lowest BCUT2D eigenvalue weighted by Gasteiger charge is -2.26. The Labute approximate surface area is 161 Å². The van der Waals surface area contributed by atoms with Gasteiger partial charge in [0.15, 0.2) is 5.76 Å². The number of anilines is 1. The molecule has 6 heteroatoms. The minimum atomic E-state index is -0.226. The molecule has 0 spiro atoms. The molecule has 0 unspecified atom stereocenters. The highest BCUT2D eigenvalue weighted by Crippen LogP contribution is 2.36. The second-order valence-electron chi connectivity index (χ2n) is 5.88. The van der Waals surface area contributed by atoms with Crippen LogP contribution in [0.25, 0.3) is 4.91 Å². The highest BCUT2D eigenvalue weighted by molar-refractivity contribution is 8.08. The van der Waals surface area contributed by atoms with Gasteiger partial charge in [0, 0.05) is 11.9 Å². The average Bonchev–Trinajstić information content (AvgIpc) is 3.26. The molecule has 0 fully saturated rings. The van der Waals surface area contributed by atoms with E-state index in [0.29, 0.717) is 23.9 Å². The third-order valence-electron chi connectivity index (χ3n) is 4.08. The summed E-state index contributed by atoms with van der Waals surface area (Å²) in [6, 6.07) is 19.0. The predicted molar refractivity (Wildman–Crippen MR) is 106 cm³/mol. The molecule has 0 bridgehead atoms. The fourth-order valence-electron chi connectivity index (χ4n) is 2.83. The first-order valence-corrected chi connectivity index (χ1v) is 9.62. The highest BCUT2D eigenvalue weighted by Gasteiger charge is 2.29. The normalized spacial score (nSPS) is 13.9. The van der Waals surface area contributed by atoms with Gasteiger partial charge in [-0.25, -0.2) is 4.98 Å². The lowest BCUT2D eigenvalue weighted by Crippen LogP contribution is -2.34. The quantitative estimate of drug-likeness (QED) is 0.661. The maximum Gasteiger partial charge on any atom is 0.296 e. The number of benzene rings is 1. The fraction of sp³-hybridized carbons (Fsp3) is 0.143. The molecule has 1 aliphatic rings. The minimum absolute atomic E-state index is 0.226. The van der Waals surface area contributed by atoms with Crippen molar-refractivity contribution in [1.82, 2.24) is 4.98 Å². The first-order chi connectivity index (χ1) is 13.3. The number of thioether (sulfide) groups is 1. The summed E-state index contributed by atoms with van der Waals surface area (Å²) in [6.07, 6.45) is 3.26. The highest BCUT2D eigenvalue weighted by atomic mass is 32.2. The maximum atomic E-state index is 13.5. The van der Waals surface area contributed by atoms with Gasteiger partial charge < -0.3 is 9.15 Å². The number of hydrogen-bond acceptors (Lipinski definition) is 5. The van der Waals surface area contributed by atoms with Gasteiger partial charge in [-0.15, -0.1) is 11.8 Å². The van der Waals surface area contributed by atoms with E-state index >= 15 is 0 Å². The molecule has 0 N–H and O–H groups in total. The van der Waals surface area contributed by atoms with E-state index in [-0.39, 0.29) is 12.5 Å². The minimum Gasteiger partial charge on any atom is -0.486 e. The van der Waals surface area contributed by atoms with E-state index in [0.717, 1.165) is 16.2 Å². The molecule has 5 nitrogen and oxygen atoms in total. The Balaban J connectivity index is 1.74. The summed E-state index contributed by atoms with van der Waals surface area (Å²) in [6.45, 7) is 0.779. The summed E-state index contributed by atoms with van der Waals surface area (Å²) in [7, 11) is 0. The van der Waals surface area contributed by atoms with E-state index < -0.39 is 0 Å². The zero-order chi connectivity index (χ0) is 18.5. The molecule has 0 saturated carbocycles. The van der Waals surface area contributed by atoms with Crippen LogP contribution in [0.2, 0.25) is 0 Å². The van der Waals surface area contributed by atoms with Gasteiger partial charge in [-0.3, -0.25) is 9.69 Å². The van der Waals surface area contributed by atoms with Crippen LogP contribution >= 0.6 is 11.8 Å². The molecule has 0 saturated heterocycles. The number of nitrogens with zero attached hydrogens (tertiary/aromatic N) is 2. The molecule has 27 heavy (non-hydrogen) atoms. The number of amides is 1. The molecule has 1 aromatic carbocycles. The van der Waals surface area contributed by atoms with E-state index in [9.17, 15) is 4.79 Å². The van der Waals surface area contributed by atoms with Crippen molar-refractivity contribution in [2.45, 2.75) is 6.54 Å². The molecule has 1 amide bonds. The Bertz CT molecular complexity index is 925. The van der Waals surface area contributed by atoms with E-state index in [1.807, 2.05) is 48.5 Å². The number of pyridine rings is 1. The van der Waals surface area contributed by atoms with E-state index in [4.69, 9.17) is 9.15 Å². The summed E-state index contributed by atoms with van der Waals surface area (Å²) in [4.78, 5) is 20.2. The molecule has 4 rings (SSSR count). The molecule has 136 valence electrons. The molecule has 0 radical (unpaired) electrons. The van der Waals surface area contributed by atoms with Crippen molar-refractivity contribution in [1.29, 1.82) is 0 Å². The predicted octanol–water partition coefficient (Wildman–Crippen LogP) is 4.34. The third kappa shape index (κ3) is 3.90. The van der Waals surface area contributed by atoms with Crippen LogP contribution in [0, 0.1) is 0 Å². The number of aromatic nitrogens is 1. The topological polar surface area (TPSA) is 55.6 Å². The molecule has 1 aliphatic heterocycles. The molecule has 3 heterocycles. The molecule has 0 atom stereocenters. The maximum absolute atomic E-state index is 13.5. The summed E-state index contributed by atoms with van der Waals surface area (Å²) < 4.78 is 11.3. The van der Waals surface area contributed by atoms with E-state index in [1.165, 1.54) is 0 Å². The van der Waals surface area contributed by atoms with Gasteiger partial charge in [0.25, 0.3) is 5.91 Å². The van der Waals surface area contributed by atoms with Crippen molar-refractivity contribution in [3.63, 3.8) is 0 Å². The monoisotopic (exact) mass is 378 g/mol. The Hall–Kier alpha value is -2.99. The number of ether oxygens (including phenoxy) is 1. The lowest BCUT2D eigenvalue weighted by molar-refractivity contribution is -0.118. The first kappa shape index (κ1) is 17.4. The Morgan fingerprint density at radius 1 is 1.07 bits per heavy atom. The number of furan rings is 1. The van der Waals surface area contributed by atoms with Gasteiger partial charge in [0.2, 0.25) is 0 Å². The number of carbonyl (C=O) groups is 1. The van der Waals surface area contributed by atoms with Crippen LogP contribution in [0.1, 0.15) is 11.3 Å². The van der Waals surface area contributed by atoms with Crippen molar-refractivity contribution in [3.8, 4) is 0 Å². The smallest absolute Gasteiger partial charge is 0.296 e. The van der Waals surface area contributed by atoms with Crippen LogP contribution in [0.15, 0.2) is 83.3 Å². The van der Waals surface area contributed by atoms with E-state index in [2.05, 4.69) is 4.98 Å². The lowest BCUT2D eigenvalue weighted by atomic mass is 10.2. The second kappa shape index (κ2) is 8.14. The van der Waals surface area contributed by atoms with Gasteiger partial charge in [0.1, 0.15) is 11.6 Å².